The fourth-order valence-electron chi connectivity index (χ4n) is 2.77. The summed E-state index contributed by atoms with van der Waals surface area (Å²) < 4.78 is 1.71. The number of nitrogens with zero attached hydrogens (tertiary/aromatic N) is 4. The van der Waals surface area contributed by atoms with Crippen LogP contribution < -0.4 is 5.32 Å². The molecular weight excluding hydrogens is 406 g/mol. The smallest absolute Gasteiger partial charge is 0.270 e. The molecule has 0 radical (unpaired) electrons. The van der Waals surface area contributed by atoms with Gasteiger partial charge in [-0.15, -0.1) is 10.2 Å². The molecule has 154 valence electrons. The first-order valence-electron chi connectivity index (χ1n) is 9.02. The zero-order valence-corrected chi connectivity index (χ0v) is 17.1. The molecule has 3 rings (SSSR count). The van der Waals surface area contributed by atoms with Crippen LogP contribution >= 0.6 is 11.8 Å². The minimum absolute atomic E-state index is 0.0535. The van der Waals surface area contributed by atoms with Crippen molar-refractivity contribution in [2.24, 2.45) is 7.05 Å². The SMILES string of the molecule is CC(NC(=O)c1ccccc1)c1nnc(SCC(=O)c2cccc([N+](=O)[O-])c2)n1C. The number of nitrogens with one attached hydrogen (secondary N) is 1. The summed E-state index contributed by atoms with van der Waals surface area (Å²) in [5, 5.41) is 22.5. The number of carbonyl (C=O) groups is 2. The average Bonchev–Trinajstić information content (AvgIpc) is 3.13. The van der Waals surface area contributed by atoms with Crippen LogP contribution in [0.1, 0.15) is 39.5 Å². The number of rotatable bonds is 8. The van der Waals surface area contributed by atoms with Crippen LogP contribution in [0.2, 0.25) is 0 Å². The van der Waals surface area contributed by atoms with E-state index in [-0.39, 0.29) is 28.7 Å². The van der Waals surface area contributed by atoms with Gasteiger partial charge in [0.25, 0.3) is 11.6 Å². The summed E-state index contributed by atoms with van der Waals surface area (Å²) in [7, 11) is 1.75. The number of Topliss-reactive ketones (excluding diaryl/α,β-unsaturated/α-hetero) is 1. The van der Waals surface area contributed by atoms with E-state index in [0.29, 0.717) is 16.5 Å². The highest BCUT2D eigenvalue weighted by Crippen LogP contribution is 2.21. The molecule has 10 heteroatoms. The second-order valence-electron chi connectivity index (χ2n) is 6.48. The molecule has 1 N–H and O–H groups in total. The highest BCUT2D eigenvalue weighted by molar-refractivity contribution is 7.99. The Morgan fingerprint density at radius 2 is 1.83 bits per heavy atom. The number of non-ortho nitro benzene ring substituents is 1. The van der Waals surface area contributed by atoms with Gasteiger partial charge in [-0.25, -0.2) is 0 Å². The number of aromatic nitrogens is 3. The molecule has 1 unspecified atom stereocenters. The largest absolute Gasteiger partial charge is 0.342 e. The van der Waals surface area contributed by atoms with Crippen molar-refractivity contribution < 1.29 is 14.5 Å². The summed E-state index contributed by atoms with van der Waals surface area (Å²) >= 11 is 1.17. The van der Waals surface area contributed by atoms with Gasteiger partial charge in [0.2, 0.25) is 0 Å². The molecule has 9 nitrogen and oxygen atoms in total. The first-order chi connectivity index (χ1) is 14.4. The quantitative estimate of drug-likeness (QED) is 0.255. The van der Waals surface area contributed by atoms with Gasteiger partial charge >= 0.3 is 0 Å². The molecule has 0 spiro atoms. The number of benzene rings is 2. The number of hydrogen-bond acceptors (Lipinski definition) is 7. The topological polar surface area (TPSA) is 120 Å². The van der Waals surface area contributed by atoms with Crippen molar-refractivity contribution in [1.29, 1.82) is 0 Å². The molecule has 0 fully saturated rings. The zero-order chi connectivity index (χ0) is 21.7. The Hall–Kier alpha value is -3.53. The normalized spacial score (nSPS) is 11.7. The van der Waals surface area contributed by atoms with Gasteiger partial charge in [-0.1, -0.05) is 42.1 Å². The van der Waals surface area contributed by atoms with E-state index in [1.807, 2.05) is 6.07 Å². The van der Waals surface area contributed by atoms with Crippen molar-refractivity contribution in [1.82, 2.24) is 20.1 Å². The maximum Gasteiger partial charge on any atom is 0.270 e. The molecule has 0 saturated heterocycles. The Morgan fingerprint density at radius 1 is 1.13 bits per heavy atom. The number of amides is 1. The van der Waals surface area contributed by atoms with Crippen molar-refractivity contribution in [3.8, 4) is 0 Å². The number of thioether (sulfide) groups is 1. The van der Waals surface area contributed by atoms with Gasteiger partial charge in [0.15, 0.2) is 16.8 Å². The molecule has 0 bridgehead atoms. The summed E-state index contributed by atoms with van der Waals surface area (Å²) in [5.74, 6) is 0.127. The lowest BCUT2D eigenvalue weighted by molar-refractivity contribution is -0.384. The third kappa shape index (κ3) is 4.90. The van der Waals surface area contributed by atoms with Gasteiger partial charge < -0.3 is 9.88 Å². The molecule has 1 heterocycles. The molecule has 1 atom stereocenters. The van der Waals surface area contributed by atoms with Gasteiger partial charge in [-0.2, -0.15) is 0 Å². The summed E-state index contributed by atoms with van der Waals surface area (Å²) in [6.45, 7) is 1.80. The lowest BCUT2D eigenvalue weighted by Crippen LogP contribution is -2.28. The van der Waals surface area contributed by atoms with Crippen LogP contribution in [0.5, 0.6) is 0 Å². The highest BCUT2D eigenvalue weighted by atomic mass is 32.2. The Morgan fingerprint density at radius 3 is 2.53 bits per heavy atom. The van der Waals surface area contributed by atoms with Gasteiger partial charge in [-0.05, 0) is 19.1 Å². The second kappa shape index (κ2) is 9.31. The third-order valence-electron chi connectivity index (χ3n) is 4.35. The minimum Gasteiger partial charge on any atom is -0.342 e. The van der Waals surface area contributed by atoms with E-state index >= 15 is 0 Å². The van der Waals surface area contributed by atoms with Crippen molar-refractivity contribution in [2.45, 2.75) is 18.1 Å². The molecule has 1 amide bonds. The molecule has 0 saturated carbocycles. The first-order valence-corrected chi connectivity index (χ1v) is 10.0. The molecule has 1 aromatic heterocycles. The predicted molar refractivity (Wildman–Crippen MR) is 111 cm³/mol. The fraction of sp³-hybridized carbons (Fsp3) is 0.200. The molecule has 30 heavy (non-hydrogen) atoms. The van der Waals surface area contributed by atoms with Gasteiger partial charge in [0.05, 0.1) is 16.7 Å². The van der Waals surface area contributed by atoms with Crippen LogP contribution in [0.3, 0.4) is 0 Å². The van der Waals surface area contributed by atoms with E-state index in [0.717, 1.165) is 0 Å². The van der Waals surface area contributed by atoms with Crippen molar-refractivity contribution in [3.63, 3.8) is 0 Å². The van der Waals surface area contributed by atoms with E-state index in [1.54, 1.807) is 48.9 Å². The monoisotopic (exact) mass is 425 g/mol. The van der Waals surface area contributed by atoms with E-state index in [9.17, 15) is 19.7 Å². The molecule has 3 aromatic rings. The van der Waals surface area contributed by atoms with Gasteiger partial charge in [-0.3, -0.25) is 19.7 Å². The number of nitro groups is 1. The van der Waals surface area contributed by atoms with Crippen molar-refractivity contribution in [2.75, 3.05) is 5.75 Å². The van der Waals surface area contributed by atoms with Crippen molar-refractivity contribution in [3.05, 3.63) is 81.7 Å². The molecular formula is C20H19N5O4S. The van der Waals surface area contributed by atoms with Gasteiger partial charge in [0, 0.05) is 30.3 Å². The highest BCUT2D eigenvalue weighted by Gasteiger charge is 2.19. The lowest BCUT2D eigenvalue weighted by Gasteiger charge is -2.13. The summed E-state index contributed by atoms with van der Waals surface area (Å²) in [6.07, 6.45) is 0. The fourth-order valence-corrected chi connectivity index (χ4v) is 3.58. The van der Waals surface area contributed by atoms with Crippen molar-refractivity contribution >= 4 is 29.1 Å². The molecule has 0 aliphatic heterocycles. The first kappa shape index (κ1) is 21.2. The zero-order valence-electron chi connectivity index (χ0n) is 16.3. The molecule has 2 aromatic carbocycles. The maximum atomic E-state index is 12.4. The number of hydrogen-bond donors (Lipinski definition) is 1. The minimum atomic E-state index is -0.538. The summed E-state index contributed by atoms with van der Waals surface area (Å²) in [5.41, 5.74) is 0.682. The Bertz CT molecular complexity index is 1080. The van der Waals surface area contributed by atoms with Crippen LogP contribution in [-0.2, 0) is 7.05 Å². The van der Waals surface area contributed by atoms with E-state index in [1.165, 1.54) is 30.0 Å². The predicted octanol–water partition coefficient (Wildman–Crippen LogP) is 3.19. The van der Waals surface area contributed by atoms with E-state index in [2.05, 4.69) is 15.5 Å². The number of nitro benzene ring substituents is 1. The van der Waals surface area contributed by atoms with Crippen LogP contribution in [0, 0.1) is 10.1 Å². The Kier molecular flexibility index (Phi) is 6.58. The number of carbonyl (C=O) groups excluding carboxylic acids is 2. The van der Waals surface area contributed by atoms with Gasteiger partial charge in [0.1, 0.15) is 0 Å². The van der Waals surface area contributed by atoms with Crippen LogP contribution in [0.15, 0.2) is 59.8 Å². The standard InChI is InChI=1S/C20H19N5O4S/c1-13(21-19(27)14-7-4-3-5-8-14)18-22-23-20(24(18)2)30-12-17(26)15-9-6-10-16(11-15)25(28)29/h3-11,13H,12H2,1-2H3,(H,21,27). The molecule has 0 aliphatic rings. The van der Waals surface area contributed by atoms with Crippen LogP contribution in [0.4, 0.5) is 5.69 Å². The number of ketones is 1. The lowest BCUT2D eigenvalue weighted by atomic mass is 10.1. The third-order valence-corrected chi connectivity index (χ3v) is 5.37. The average molecular weight is 425 g/mol. The van der Waals surface area contributed by atoms with Crippen LogP contribution in [0.25, 0.3) is 0 Å². The van der Waals surface area contributed by atoms with E-state index in [4.69, 9.17) is 0 Å². The Balaban J connectivity index is 1.63. The maximum absolute atomic E-state index is 12.4. The van der Waals surface area contributed by atoms with Crippen LogP contribution in [-0.4, -0.2) is 37.1 Å². The Labute approximate surface area is 176 Å². The summed E-state index contributed by atoms with van der Waals surface area (Å²) in [4.78, 5) is 35.0. The van der Waals surface area contributed by atoms with E-state index < -0.39 is 11.0 Å². The second-order valence-corrected chi connectivity index (χ2v) is 7.42. The summed E-state index contributed by atoms with van der Waals surface area (Å²) in [6, 6.07) is 14.1. The molecule has 0 aliphatic carbocycles.